The van der Waals surface area contributed by atoms with E-state index in [9.17, 15) is 8.42 Å². The molecule has 6 heteroatoms. The van der Waals surface area contributed by atoms with Gasteiger partial charge in [0.25, 0.3) is 0 Å². The number of rotatable bonds is 4. The van der Waals surface area contributed by atoms with Gasteiger partial charge in [0, 0.05) is 0 Å². The first-order valence-electron chi connectivity index (χ1n) is 5.72. The lowest BCUT2D eigenvalue weighted by Crippen LogP contribution is -2.21. The second-order valence-electron chi connectivity index (χ2n) is 5.56. The molecular formula is C12H19BrN2O2S. The fourth-order valence-corrected chi connectivity index (χ4v) is 2.96. The molecule has 4 nitrogen and oxygen atoms in total. The topological polar surface area (TPSA) is 59.1 Å². The Labute approximate surface area is 117 Å². The molecule has 0 saturated heterocycles. The molecule has 0 fully saturated rings. The fourth-order valence-electron chi connectivity index (χ4n) is 1.29. The highest BCUT2D eigenvalue weighted by Crippen LogP contribution is 2.21. The Morgan fingerprint density at radius 1 is 1.39 bits per heavy atom. The first-order chi connectivity index (χ1) is 8.09. The first-order valence-corrected chi connectivity index (χ1v) is 8.16. The monoisotopic (exact) mass is 334 g/mol. The second-order valence-corrected chi connectivity index (χ2v) is 8.16. The highest BCUT2D eigenvalue weighted by molar-refractivity contribution is 9.10. The van der Waals surface area contributed by atoms with E-state index in [-0.39, 0.29) is 11.2 Å². The van der Waals surface area contributed by atoms with Crippen molar-refractivity contribution in [3.05, 3.63) is 22.4 Å². The van der Waals surface area contributed by atoms with Crippen LogP contribution in [0.15, 0.2) is 16.9 Å². The van der Waals surface area contributed by atoms with Crippen molar-refractivity contribution in [2.24, 2.45) is 5.41 Å². The van der Waals surface area contributed by atoms with Crippen molar-refractivity contribution >= 4 is 31.6 Å². The summed E-state index contributed by atoms with van der Waals surface area (Å²) in [6.45, 7) is 7.93. The lowest BCUT2D eigenvalue weighted by molar-refractivity contribution is 0.397. The van der Waals surface area contributed by atoms with Crippen molar-refractivity contribution in [1.82, 2.24) is 4.98 Å². The normalized spacial score (nSPS) is 12.5. The van der Waals surface area contributed by atoms with Gasteiger partial charge in [0.15, 0.2) is 0 Å². The number of nitrogens with zero attached hydrogens (tertiary/aromatic N) is 1. The molecule has 1 N–H and O–H groups in total. The number of anilines is 1. The molecule has 0 bridgehead atoms. The van der Waals surface area contributed by atoms with E-state index in [0.29, 0.717) is 12.1 Å². The van der Waals surface area contributed by atoms with E-state index in [4.69, 9.17) is 0 Å². The lowest BCUT2D eigenvalue weighted by Gasteiger charge is -2.18. The molecule has 1 aromatic rings. The van der Waals surface area contributed by atoms with Crippen LogP contribution in [-0.4, -0.2) is 19.2 Å². The minimum absolute atomic E-state index is 0.00261. The minimum atomic E-state index is -3.30. The van der Waals surface area contributed by atoms with Crippen molar-refractivity contribution in [2.45, 2.75) is 34.1 Å². The quantitative estimate of drug-likeness (QED) is 0.859. The van der Waals surface area contributed by atoms with Gasteiger partial charge in [0.2, 0.25) is 10.0 Å². The number of aromatic nitrogens is 1. The number of aryl methyl sites for hydroxylation is 1. The molecule has 1 rings (SSSR count). The number of hydrogen-bond donors (Lipinski definition) is 1. The Hall–Kier alpha value is -0.620. The van der Waals surface area contributed by atoms with E-state index in [2.05, 4.69) is 25.6 Å². The van der Waals surface area contributed by atoms with E-state index in [1.165, 1.54) is 6.20 Å². The summed E-state index contributed by atoms with van der Waals surface area (Å²) in [4.78, 5) is 4.06. The molecule has 0 unspecified atom stereocenters. The summed E-state index contributed by atoms with van der Waals surface area (Å²) < 4.78 is 27.1. The molecule has 1 heterocycles. The second kappa shape index (κ2) is 5.57. The Morgan fingerprint density at radius 3 is 2.50 bits per heavy atom. The SMILES string of the molecule is Cc1cc(NS(=O)(=O)CCC(C)(C)C)cnc1Br. The number of sulfonamides is 1. The van der Waals surface area contributed by atoms with Crippen LogP contribution < -0.4 is 4.72 Å². The van der Waals surface area contributed by atoms with Crippen molar-refractivity contribution in [3.8, 4) is 0 Å². The van der Waals surface area contributed by atoms with Crippen LogP contribution in [-0.2, 0) is 10.0 Å². The molecule has 18 heavy (non-hydrogen) atoms. The molecule has 102 valence electrons. The zero-order valence-electron chi connectivity index (χ0n) is 11.1. The summed E-state index contributed by atoms with van der Waals surface area (Å²) in [5.74, 6) is 0.117. The Kier molecular flexibility index (Phi) is 4.78. The van der Waals surface area contributed by atoms with Crippen LogP contribution >= 0.6 is 15.9 Å². The zero-order chi connectivity index (χ0) is 14.0. The van der Waals surface area contributed by atoms with Gasteiger partial charge in [0.05, 0.1) is 17.6 Å². The maximum atomic E-state index is 11.9. The summed E-state index contributed by atoms with van der Waals surface area (Å²) in [6.07, 6.45) is 2.12. The molecule has 0 radical (unpaired) electrons. The van der Waals surface area contributed by atoms with Crippen molar-refractivity contribution in [2.75, 3.05) is 10.5 Å². The average Bonchev–Trinajstić information content (AvgIpc) is 2.20. The molecule has 1 aromatic heterocycles. The fraction of sp³-hybridized carbons (Fsp3) is 0.583. The van der Waals surface area contributed by atoms with Crippen LogP contribution in [0.1, 0.15) is 32.8 Å². The van der Waals surface area contributed by atoms with Crippen LogP contribution in [0.2, 0.25) is 0 Å². The molecule has 0 aromatic carbocycles. The van der Waals surface area contributed by atoms with E-state index >= 15 is 0 Å². The van der Waals surface area contributed by atoms with Crippen molar-refractivity contribution in [3.63, 3.8) is 0 Å². The maximum absolute atomic E-state index is 11.9. The third-order valence-corrected chi connectivity index (χ3v) is 4.53. The van der Waals surface area contributed by atoms with Gasteiger partial charge in [-0.2, -0.15) is 0 Å². The van der Waals surface area contributed by atoms with Crippen LogP contribution in [0.25, 0.3) is 0 Å². The van der Waals surface area contributed by atoms with Gasteiger partial charge < -0.3 is 0 Å². The molecule has 0 amide bonds. The predicted molar refractivity (Wildman–Crippen MR) is 78.2 cm³/mol. The van der Waals surface area contributed by atoms with Crippen LogP contribution in [0.5, 0.6) is 0 Å². The summed E-state index contributed by atoms with van der Waals surface area (Å²) in [5, 5.41) is 0. The highest BCUT2D eigenvalue weighted by atomic mass is 79.9. The van der Waals surface area contributed by atoms with Crippen LogP contribution in [0, 0.1) is 12.3 Å². The summed E-state index contributed by atoms with van der Waals surface area (Å²) in [7, 11) is -3.30. The molecule has 0 aliphatic heterocycles. The minimum Gasteiger partial charge on any atom is -0.282 e. The Balaban J connectivity index is 2.74. The van der Waals surface area contributed by atoms with Crippen molar-refractivity contribution in [1.29, 1.82) is 0 Å². The van der Waals surface area contributed by atoms with E-state index < -0.39 is 10.0 Å². The van der Waals surface area contributed by atoms with Gasteiger partial charge in [-0.3, -0.25) is 4.72 Å². The summed E-state index contributed by atoms with van der Waals surface area (Å²) in [5.41, 5.74) is 1.40. The van der Waals surface area contributed by atoms with Gasteiger partial charge in [-0.25, -0.2) is 13.4 Å². The molecular weight excluding hydrogens is 316 g/mol. The number of halogens is 1. The Bertz CT molecular complexity index is 521. The van der Waals surface area contributed by atoms with Crippen molar-refractivity contribution < 1.29 is 8.42 Å². The smallest absolute Gasteiger partial charge is 0.232 e. The number of nitrogens with one attached hydrogen (secondary N) is 1. The van der Waals surface area contributed by atoms with Gasteiger partial charge in [0.1, 0.15) is 4.60 Å². The van der Waals surface area contributed by atoms with Crippen LogP contribution in [0.3, 0.4) is 0 Å². The third kappa shape index (κ3) is 5.35. The largest absolute Gasteiger partial charge is 0.282 e. The van der Waals surface area contributed by atoms with E-state index in [1.807, 2.05) is 27.7 Å². The summed E-state index contributed by atoms with van der Waals surface area (Å²) in [6, 6.07) is 1.76. The molecule has 0 saturated carbocycles. The lowest BCUT2D eigenvalue weighted by atomic mass is 9.94. The van der Waals surface area contributed by atoms with Crippen LogP contribution in [0.4, 0.5) is 5.69 Å². The number of pyridine rings is 1. The molecule has 0 aliphatic carbocycles. The Morgan fingerprint density at radius 2 is 2.00 bits per heavy atom. The molecule has 0 aliphatic rings. The predicted octanol–water partition coefficient (Wildman–Crippen LogP) is 3.33. The van der Waals surface area contributed by atoms with E-state index in [1.54, 1.807) is 6.07 Å². The first kappa shape index (κ1) is 15.4. The zero-order valence-corrected chi connectivity index (χ0v) is 13.5. The maximum Gasteiger partial charge on any atom is 0.232 e. The highest BCUT2D eigenvalue weighted by Gasteiger charge is 2.17. The summed E-state index contributed by atoms with van der Waals surface area (Å²) >= 11 is 3.28. The average molecular weight is 335 g/mol. The number of hydrogen-bond acceptors (Lipinski definition) is 3. The van der Waals surface area contributed by atoms with Gasteiger partial charge >= 0.3 is 0 Å². The van der Waals surface area contributed by atoms with Gasteiger partial charge in [-0.15, -0.1) is 0 Å². The van der Waals surface area contributed by atoms with Gasteiger partial charge in [-0.05, 0) is 46.3 Å². The standard InChI is InChI=1S/C12H19BrN2O2S/c1-9-7-10(8-14-11(9)13)15-18(16,17)6-5-12(2,3)4/h7-8,15H,5-6H2,1-4H3. The molecule has 0 spiro atoms. The third-order valence-electron chi connectivity index (χ3n) is 2.41. The van der Waals surface area contributed by atoms with Gasteiger partial charge in [-0.1, -0.05) is 20.8 Å². The molecule has 0 atom stereocenters. The van der Waals surface area contributed by atoms with E-state index in [0.717, 1.165) is 10.2 Å².